The molecule has 0 aliphatic heterocycles. The van der Waals surface area contributed by atoms with Crippen molar-refractivity contribution in [2.45, 2.75) is 0 Å². The van der Waals surface area contributed by atoms with Crippen molar-refractivity contribution in [3.05, 3.63) is 26.4 Å². The predicted octanol–water partition coefficient (Wildman–Crippen LogP) is 3.48. The van der Waals surface area contributed by atoms with Crippen molar-refractivity contribution in [2.24, 2.45) is 0 Å². The van der Waals surface area contributed by atoms with Gasteiger partial charge in [-0.2, -0.15) is 0 Å². The number of anilines is 1. The maximum atomic E-state index is 12.7. The molecule has 11 heavy (non-hydrogen) atoms. The van der Waals surface area contributed by atoms with E-state index in [0.717, 1.165) is 6.07 Å². The van der Waals surface area contributed by atoms with Crippen molar-refractivity contribution in [3.63, 3.8) is 0 Å². The molecule has 5 heteroatoms. The number of benzene rings is 1. The fourth-order valence-electron chi connectivity index (χ4n) is 0.580. The van der Waals surface area contributed by atoms with Crippen LogP contribution < -0.4 is 5.73 Å². The molecule has 0 radical (unpaired) electrons. The average molecular weight is 259 g/mol. The van der Waals surface area contributed by atoms with Crippen molar-refractivity contribution >= 4 is 44.8 Å². The van der Waals surface area contributed by atoms with Crippen LogP contribution in [0.25, 0.3) is 0 Å². The third-order valence-corrected chi connectivity index (χ3v) is 3.12. The number of hydrogen-bond acceptors (Lipinski definition) is 1. The van der Waals surface area contributed by atoms with Crippen LogP contribution in [0.4, 0.5) is 10.1 Å². The summed E-state index contributed by atoms with van der Waals surface area (Å²) in [6, 6.07) is 1.10. The Morgan fingerprint density at radius 3 is 2.55 bits per heavy atom. The van der Waals surface area contributed by atoms with E-state index in [-0.39, 0.29) is 15.7 Å². The Kier molecular flexibility index (Phi) is 2.62. The van der Waals surface area contributed by atoms with E-state index in [2.05, 4.69) is 15.9 Å². The van der Waals surface area contributed by atoms with Crippen molar-refractivity contribution in [1.29, 1.82) is 0 Å². The normalized spacial score (nSPS) is 10.2. The minimum atomic E-state index is -0.608. The first-order valence-corrected chi connectivity index (χ1v) is 4.17. The summed E-state index contributed by atoms with van der Waals surface area (Å²) >= 11 is 14.2. The second-order valence-electron chi connectivity index (χ2n) is 1.88. The summed E-state index contributed by atoms with van der Waals surface area (Å²) in [4.78, 5) is 0. The van der Waals surface area contributed by atoms with Crippen LogP contribution in [0, 0.1) is 5.82 Å². The Bertz CT molecular complexity index is 277. The number of rotatable bonds is 0. The summed E-state index contributed by atoms with van der Waals surface area (Å²) < 4.78 is 13.1. The van der Waals surface area contributed by atoms with Gasteiger partial charge in [-0.1, -0.05) is 23.2 Å². The Morgan fingerprint density at radius 1 is 1.45 bits per heavy atom. The van der Waals surface area contributed by atoms with Gasteiger partial charge in [-0.05, 0) is 22.0 Å². The first-order chi connectivity index (χ1) is 5.04. The highest BCUT2D eigenvalue weighted by Crippen LogP contribution is 2.36. The lowest BCUT2D eigenvalue weighted by atomic mass is 10.3. The van der Waals surface area contributed by atoms with Crippen LogP contribution in [-0.2, 0) is 0 Å². The molecule has 0 spiro atoms. The third-order valence-electron chi connectivity index (χ3n) is 1.15. The van der Waals surface area contributed by atoms with Crippen molar-refractivity contribution in [3.8, 4) is 0 Å². The lowest BCUT2D eigenvalue weighted by Gasteiger charge is -2.03. The van der Waals surface area contributed by atoms with Gasteiger partial charge in [-0.25, -0.2) is 4.39 Å². The summed E-state index contributed by atoms with van der Waals surface area (Å²) in [7, 11) is 0. The monoisotopic (exact) mass is 257 g/mol. The Hall–Kier alpha value is 0.01000. The molecule has 1 aromatic rings. The zero-order valence-corrected chi connectivity index (χ0v) is 8.26. The number of nitrogens with two attached hydrogens (primary N) is 1. The van der Waals surface area contributed by atoms with Crippen molar-refractivity contribution < 1.29 is 4.39 Å². The maximum Gasteiger partial charge on any atom is 0.149 e. The van der Waals surface area contributed by atoms with E-state index >= 15 is 0 Å². The molecule has 0 aliphatic carbocycles. The first kappa shape index (κ1) is 9.10. The van der Waals surface area contributed by atoms with E-state index in [9.17, 15) is 4.39 Å². The Labute approximate surface area is 81.4 Å². The van der Waals surface area contributed by atoms with Crippen LogP contribution in [0.3, 0.4) is 0 Å². The largest absolute Gasteiger partial charge is 0.395 e. The standard InChI is InChI=1S/C6H3BrCl2FN/c7-4-2(8)1-3(10)6(11)5(4)9/h1H,11H2. The van der Waals surface area contributed by atoms with Gasteiger partial charge in [-0.3, -0.25) is 0 Å². The topological polar surface area (TPSA) is 26.0 Å². The molecule has 0 amide bonds. The van der Waals surface area contributed by atoms with Gasteiger partial charge in [0.2, 0.25) is 0 Å². The molecule has 0 aromatic heterocycles. The molecule has 1 nitrogen and oxygen atoms in total. The molecule has 0 aliphatic rings. The van der Waals surface area contributed by atoms with E-state index in [1.54, 1.807) is 0 Å². The van der Waals surface area contributed by atoms with Gasteiger partial charge in [0.15, 0.2) is 0 Å². The molecule has 1 aromatic carbocycles. The minimum Gasteiger partial charge on any atom is -0.395 e. The molecule has 0 unspecified atom stereocenters. The van der Waals surface area contributed by atoms with Gasteiger partial charge in [-0.15, -0.1) is 0 Å². The van der Waals surface area contributed by atoms with E-state index in [1.807, 2.05) is 0 Å². The smallest absolute Gasteiger partial charge is 0.149 e. The molecule has 0 saturated heterocycles. The molecule has 0 bridgehead atoms. The summed E-state index contributed by atoms with van der Waals surface area (Å²) in [6.07, 6.45) is 0. The van der Waals surface area contributed by atoms with Crippen LogP contribution in [0.1, 0.15) is 0 Å². The number of nitrogen functional groups attached to an aromatic ring is 1. The van der Waals surface area contributed by atoms with Crippen molar-refractivity contribution in [1.82, 2.24) is 0 Å². The van der Waals surface area contributed by atoms with Crippen LogP contribution >= 0.6 is 39.1 Å². The zero-order chi connectivity index (χ0) is 8.59. The van der Waals surface area contributed by atoms with E-state index < -0.39 is 5.82 Å². The van der Waals surface area contributed by atoms with E-state index in [1.165, 1.54) is 0 Å². The Morgan fingerprint density at radius 2 is 2.00 bits per heavy atom. The SMILES string of the molecule is Nc1c(F)cc(Cl)c(Br)c1Cl. The van der Waals surface area contributed by atoms with Crippen LogP contribution in [0.15, 0.2) is 10.5 Å². The number of hydrogen-bond donors (Lipinski definition) is 1. The molecular formula is C6H3BrCl2FN. The highest BCUT2D eigenvalue weighted by molar-refractivity contribution is 9.10. The maximum absolute atomic E-state index is 12.7. The Balaban J connectivity index is 3.46. The molecular weight excluding hydrogens is 256 g/mol. The first-order valence-electron chi connectivity index (χ1n) is 2.62. The molecule has 1 rings (SSSR count). The van der Waals surface area contributed by atoms with Gasteiger partial charge in [0.05, 0.1) is 20.2 Å². The minimum absolute atomic E-state index is 0.0945. The molecule has 0 heterocycles. The lowest BCUT2D eigenvalue weighted by Crippen LogP contribution is -1.92. The number of halogens is 4. The summed E-state index contributed by atoms with van der Waals surface area (Å²) in [5, 5.41) is 0.316. The third kappa shape index (κ3) is 1.60. The van der Waals surface area contributed by atoms with Gasteiger partial charge >= 0.3 is 0 Å². The second kappa shape index (κ2) is 3.17. The van der Waals surface area contributed by atoms with Crippen molar-refractivity contribution in [2.75, 3.05) is 5.73 Å². The fraction of sp³-hybridized carbons (Fsp3) is 0. The van der Waals surface area contributed by atoms with Gasteiger partial charge in [0.25, 0.3) is 0 Å². The molecule has 2 N–H and O–H groups in total. The highest BCUT2D eigenvalue weighted by Gasteiger charge is 2.10. The molecule has 0 fully saturated rings. The van der Waals surface area contributed by atoms with Crippen LogP contribution in [-0.4, -0.2) is 0 Å². The highest BCUT2D eigenvalue weighted by atomic mass is 79.9. The summed E-state index contributed by atoms with van der Waals surface area (Å²) in [6.45, 7) is 0. The average Bonchev–Trinajstić information content (AvgIpc) is 1.97. The summed E-state index contributed by atoms with van der Waals surface area (Å²) in [5.41, 5.74) is 5.16. The second-order valence-corrected chi connectivity index (χ2v) is 3.46. The molecule has 0 atom stereocenters. The van der Waals surface area contributed by atoms with Crippen LogP contribution in [0.2, 0.25) is 10.0 Å². The van der Waals surface area contributed by atoms with Gasteiger partial charge in [0.1, 0.15) is 5.82 Å². The molecule has 0 saturated carbocycles. The lowest BCUT2D eigenvalue weighted by molar-refractivity contribution is 0.632. The van der Waals surface area contributed by atoms with Crippen LogP contribution in [0.5, 0.6) is 0 Å². The zero-order valence-electron chi connectivity index (χ0n) is 5.17. The van der Waals surface area contributed by atoms with E-state index in [4.69, 9.17) is 28.9 Å². The predicted molar refractivity (Wildman–Crippen MR) is 48.5 cm³/mol. The van der Waals surface area contributed by atoms with Gasteiger partial charge < -0.3 is 5.73 Å². The quantitative estimate of drug-likeness (QED) is 0.430. The molecule has 60 valence electrons. The van der Waals surface area contributed by atoms with Gasteiger partial charge in [0, 0.05) is 0 Å². The van der Waals surface area contributed by atoms with E-state index in [0.29, 0.717) is 4.47 Å². The summed E-state index contributed by atoms with van der Waals surface area (Å²) in [5.74, 6) is -0.608. The fourth-order valence-corrected chi connectivity index (χ4v) is 1.34.